The van der Waals surface area contributed by atoms with E-state index in [2.05, 4.69) is 31.7 Å². The molecule has 1 aromatic heterocycles. The molecule has 9 nitrogen and oxygen atoms in total. The number of nitrogens with one attached hydrogen (secondary N) is 4. The molecule has 4 rings (SSSR count). The molecule has 2 heterocycles. The largest absolute Gasteiger partial charge is 0.358 e. The average molecular weight is 378 g/mol. The number of nitrogens with zero attached hydrogens (tertiary/aromatic N) is 3. The van der Waals surface area contributed by atoms with Gasteiger partial charge in [-0.15, -0.1) is 5.10 Å². The van der Waals surface area contributed by atoms with Crippen LogP contribution < -0.4 is 27.2 Å². The first kappa shape index (κ1) is 18.1. The number of aromatic nitrogens is 3. The Hall–Kier alpha value is -3.27. The number of hydrogen-bond donors (Lipinski definition) is 5. The maximum atomic E-state index is 11.5. The van der Waals surface area contributed by atoms with Crippen molar-refractivity contribution >= 4 is 11.6 Å². The van der Waals surface area contributed by atoms with Gasteiger partial charge >= 0.3 is 0 Å². The van der Waals surface area contributed by atoms with Crippen LogP contribution in [0.4, 0.5) is 5.69 Å². The topological polar surface area (TPSA) is 122 Å². The quantitative estimate of drug-likeness (QED) is 0.240. The van der Waals surface area contributed by atoms with Crippen molar-refractivity contribution < 1.29 is 4.79 Å². The van der Waals surface area contributed by atoms with Crippen LogP contribution in [0.25, 0.3) is 11.3 Å². The van der Waals surface area contributed by atoms with Crippen LogP contribution >= 0.6 is 0 Å². The Morgan fingerprint density at radius 1 is 1.11 bits per heavy atom. The van der Waals surface area contributed by atoms with E-state index in [0.29, 0.717) is 12.1 Å². The minimum Gasteiger partial charge on any atom is -0.358 e. The van der Waals surface area contributed by atoms with Gasteiger partial charge in [-0.3, -0.25) is 20.9 Å². The highest BCUT2D eigenvalue weighted by Gasteiger charge is 2.12. The van der Waals surface area contributed by atoms with Gasteiger partial charge < -0.3 is 5.32 Å². The number of nitrogens with two attached hydrogens (primary N) is 1. The Morgan fingerprint density at radius 3 is 2.50 bits per heavy atom. The van der Waals surface area contributed by atoms with Gasteiger partial charge in [0.05, 0.1) is 12.7 Å². The molecule has 3 aromatic rings. The van der Waals surface area contributed by atoms with Crippen molar-refractivity contribution in [2.24, 2.45) is 5.84 Å². The molecule has 9 heteroatoms. The monoisotopic (exact) mass is 378 g/mol. The van der Waals surface area contributed by atoms with E-state index in [1.165, 1.54) is 0 Å². The summed E-state index contributed by atoms with van der Waals surface area (Å²) in [5, 5.41) is 18.5. The Kier molecular flexibility index (Phi) is 5.29. The van der Waals surface area contributed by atoms with Crippen LogP contribution in [0.3, 0.4) is 0 Å². The first-order chi connectivity index (χ1) is 13.7. The molecule has 0 atom stereocenters. The fraction of sp³-hybridized carbons (Fsp3) is 0.211. The molecule has 0 spiro atoms. The lowest BCUT2D eigenvalue weighted by Gasteiger charge is -2.14. The van der Waals surface area contributed by atoms with E-state index in [-0.39, 0.29) is 12.2 Å². The predicted molar refractivity (Wildman–Crippen MR) is 106 cm³/mol. The van der Waals surface area contributed by atoms with E-state index in [4.69, 9.17) is 5.84 Å². The van der Waals surface area contributed by atoms with Crippen LogP contribution in [-0.4, -0.2) is 40.3 Å². The molecule has 0 unspecified atom stereocenters. The van der Waals surface area contributed by atoms with Gasteiger partial charge in [-0.1, -0.05) is 29.5 Å². The van der Waals surface area contributed by atoms with Crippen molar-refractivity contribution in [3.8, 4) is 11.3 Å². The first-order valence-electron chi connectivity index (χ1n) is 9.05. The van der Waals surface area contributed by atoms with Crippen LogP contribution in [0.15, 0.2) is 54.7 Å². The number of nitrogen functional groups attached to an aromatic ring is 1. The van der Waals surface area contributed by atoms with Crippen molar-refractivity contribution in [2.75, 3.05) is 18.4 Å². The highest BCUT2D eigenvalue weighted by atomic mass is 16.2. The van der Waals surface area contributed by atoms with Gasteiger partial charge in [-0.05, 0) is 29.8 Å². The molecule has 144 valence electrons. The smallest absolute Gasteiger partial charge is 0.265 e. The molecule has 0 radical (unpaired) electrons. The second-order valence-electron chi connectivity index (χ2n) is 6.53. The Balaban J connectivity index is 1.40. The van der Waals surface area contributed by atoms with Crippen LogP contribution in [0.1, 0.15) is 15.9 Å². The molecule has 1 aliphatic heterocycles. The average Bonchev–Trinajstić information content (AvgIpc) is 3.41. The van der Waals surface area contributed by atoms with Crippen molar-refractivity contribution in [1.82, 2.24) is 31.1 Å². The second kappa shape index (κ2) is 8.17. The Labute approximate surface area is 162 Å². The zero-order valence-electron chi connectivity index (χ0n) is 15.2. The maximum absolute atomic E-state index is 11.5. The minimum absolute atomic E-state index is 0.106. The van der Waals surface area contributed by atoms with Gasteiger partial charge in [0.25, 0.3) is 5.91 Å². The van der Waals surface area contributed by atoms with Gasteiger partial charge in [0.15, 0.2) is 0 Å². The summed E-state index contributed by atoms with van der Waals surface area (Å²) in [6.07, 6.45) is 2.01. The molecule has 0 saturated carbocycles. The summed E-state index contributed by atoms with van der Waals surface area (Å²) < 4.78 is 1.77. The molecule has 28 heavy (non-hydrogen) atoms. The Morgan fingerprint density at radius 2 is 1.82 bits per heavy atom. The molecule has 1 saturated heterocycles. The van der Waals surface area contributed by atoms with E-state index in [1.54, 1.807) is 16.8 Å². The predicted octanol–water partition coefficient (Wildman–Crippen LogP) is 0.485. The zero-order valence-corrected chi connectivity index (χ0v) is 15.2. The molecule has 1 amide bonds. The van der Waals surface area contributed by atoms with E-state index in [1.807, 2.05) is 42.6 Å². The molecule has 1 fully saturated rings. The number of anilines is 1. The summed E-state index contributed by atoms with van der Waals surface area (Å²) in [4.78, 5) is 11.5. The Bertz CT molecular complexity index is 929. The number of rotatable bonds is 6. The number of carbonyl (C=O) groups is 1. The third kappa shape index (κ3) is 4.17. The molecule has 0 bridgehead atoms. The zero-order chi connectivity index (χ0) is 19.3. The van der Waals surface area contributed by atoms with Crippen molar-refractivity contribution in [2.45, 2.75) is 12.8 Å². The lowest BCUT2D eigenvalue weighted by Crippen LogP contribution is -2.38. The lowest BCUT2D eigenvalue weighted by molar-refractivity contribution is 0.0953. The van der Waals surface area contributed by atoms with Gasteiger partial charge in [0, 0.05) is 29.9 Å². The molecule has 0 aliphatic carbocycles. The summed E-state index contributed by atoms with van der Waals surface area (Å²) in [6.45, 7) is 2.49. The normalized spacial score (nSPS) is 14.2. The van der Waals surface area contributed by atoms with E-state index in [9.17, 15) is 4.79 Å². The van der Waals surface area contributed by atoms with Crippen molar-refractivity contribution in [1.29, 1.82) is 0 Å². The SMILES string of the molecule is NNC(=O)c1ccc(Cn2cc(-c3ccc(NC4NCCN4)cc3)nn2)cc1. The number of carbonyl (C=O) groups excluding carboxylic acids is 1. The van der Waals surface area contributed by atoms with Crippen molar-refractivity contribution in [3.63, 3.8) is 0 Å². The van der Waals surface area contributed by atoms with Gasteiger partial charge in [-0.25, -0.2) is 10.5 Å². The fourth-order valence-corrected chi connectivity index (χ4v) is 3.05. The van der Waals surface area contributed by atoms with Crippen LogP contribution in [0.2, 0.25) is 0 Å². The molecule has 6 N–H and O–H groups in total. The van der Waals surface area contributed by atoms with Gasteiger partial charge in [0.1, 0.15) is 12.0 Å². The summed E-state index contributed by atoms with van der Waals surface area (Å²) in [7, 11) is 0. The highest BCUT2D eigenvalue weighted by molar-refractivity contribution is 5.93. The summed E-state index contributed by atoms with van der Waals surface area (Å²) in [5.41, 5.74) is 6.49. The molecular formula is C19H22N8O. The van der Waals surface area contributed by atoms with E-state index >= 15 is 0 Å². The summed E-state index contributed by atoms with van der Waals surface area (Å²) in [5.74, 6) is 4.83. The molecule has 1 aliphatic rings. The lowest BCUT2D eigenvalue weighted by atomic mass is 10.1. The third-order valence-electron chi connectivity index (χ3n) is 4.54. The highest BCUT2D eigenvalue weighted by Crippen LogP contribution is 2.19. The second-order valence-corrected chi connectivity index (χ2v) is 6.53. The summed E-state index contributed by atoms with van der Waals surface area (Å²) in [6, 6.07) is 15.3. The van der Waals surface area contributed by atoms with Crippen molar-refractivity contribution in [3.05, 3.63) is 65.9 Å². The molecular weight excluding hydrogens is 356 g/mol. The van der Waals surface area contributed by atoms with Crippen LogP contribution in [0, 0.1) is 0 Å². The maximum Gasteiger partial charge on any atom is 0.265 e. The van der Waals surface area contributed by atoms with Gasteiger partial charge in [-0.2, -0.15) is 0 Å². The third-order valence-corrected chi connectivity index (χ3v) is 4.54. The number of amides is 1. The van der Waals surface area contributed by atoms with Crippen LogP contribution in [0.5, 0.6) is 0 Å². The molecule has 2 aromatic carbocycles. The number of benzene rings is 2. The van der Waals surface area contributed by atoms with E-state index in [0.717, 1.165) is 35.6 Å². The van der Waals surface area contributed by atoms with Crippen LogP contribution in [-0.2, 0) is 6.54 Å². The van der Waals surface area contributed by atoms with Gasteiger partial charge in [0.2, 0.25) is 0 Å². The minimum atomic E-state index is -0.313. The number of hydrogen-bond acceptors (Lipinski definition) is 7. The first-order valence-corrected chi connectivity index (χ1v) is 9.05. The fourth-order valence-electron chi connectivity index (χ4n) is 3.05. The summed E-state index contributed by atoms with van der Waals surface area (Å²) >= 11 is 0. The standard InChI is InChI=1S/C19H22N8O/c20-24-18(28)15-3-1-13(2-4-15)11-27-12-17(25-26-27)14-5-7-16(8-6-14)23-19-21-9-10-22-19/h1-8,12,19,21-23H,9-11,20H2,(H,24,28). The number of hydrazine groups is 1. The van der Waals surface area contributed by atoms with E-state index < -0.39 is 0 Å².